The molecule has 1 heterocycles. The predicted molar refractivity (Wildman–Crippen MR) is 178 cm³/mol. The fourth-order valence-corrected chi connectivity index (χ4v) is 6.56. The maximum Gasteiger partial charge on any atom is 0.407 e. The third-order valence-electron chi connectivity index (χ3n) is 7.91. The maximum absolute atomic E-state index is 13.8. The third kappa shape index (κ3) is 8.52. The number of alkyl carbamates (subject to hydrolysis) is 1. The van der Waals surface area contributed by atoms with Crippen LogP contribution >= 0.6 is 11.8 Å². The summed E-state index contributed by atoms with van der Waals surface area (Å²) in [6.07, 6.45) is 0.0541. The number of thioether (sulfide) groups is 1. The molecule has 1 saturated heterocycles. The number of ether oxygens (including phenoxy) is 2. The number of rotatable bonds is 12. The predicted octanol–water partition coefficient (Wildman–Crippen LogP) is 6.22. The summed E-state index contributed by atoms with van der Waals surface area (Å²) in [5, 5.41) is 26.3. The van der Waals surface area contributed by atoms with Crippen molar-refractivity contribution >= 4 is 51.1 Å². The Labute approximate surface area is 279 Å². The van der Waals surface area contributed by atoms with E-state index < -0.39 is 28.0 Å². The molecule has 0 aromatic heterocycles. The number of esters is 1. The van der Waals surface area contributed by atoms with Gasteiger partial charge in [-0.15, -0.1) is 0 Å². The molecule has 13 nitrogen and oxygen atoms in total. The highest BCUT2D eigenvalue weighted by Gasteiger charge is 2.36. The highest BCUT2D eigenvalue weighted by atomic mass is 32.2. The number of nitro groups is 2. The Balaban J connectivity index is 1.33. The Hall–Kier alpha value is -5.34. The van der Waals surface area contributed by atoms with Crippen molar-refractivity contribution in [3.05, 3.63) is 127 Å². The van der Waals surface area contributed by atoms with Gasteiger partial charge in [-0.05, 0) is 63.7 Å². The van der Waals surface area contributed by atoms with Crippen LogP contribution in [0.2, 0.25) is 0 Å². The molecule has 14 heteroatoms. The van der Waals surface area contributed by atoms with Gasteiger partial charge in [0.1, 0.15) is 19.3 Å². The van der Waals surface area contributed by atoms with Crippen molar-refractivity contribution in [1.29, 1.82) is 0 Å². The summed E-state index contributed by atoms with van der Waals surface area (Å²) in [7, 11) is 0. The minimum atomic E-state index is -0.792. The minimum absolute atomic E-state index is 0.00715. The van der Waals surface area contributed by atoms with Crippen LogP contribution in [-0.4, -0.2) is 50.3 Å². The first-order valence-electron chi connectivity index (χ1n) is 15.0. The molecule has 1 N–H and O–H groups in total. The zero-order valence-corrected chi connectivity index (χ0v) is 26.7. The normalized spacial score (nSPS) is 15.1. The molecule has 2 atom stereocenters. The number of benzene rings is 4. The van der Waals surface area contributed by atoms with E-state index in [1.54, 1.807) is 12.1 Å². The summed E-state index contributed by atoms with van der Waals surface area (Å²) in [6, 6.07) is 21.9. The molecule has 1 fully saturated rings. The number of likely N-dealkylation sites (tertiary alicyclic amines) is 1. The average Bonchev–Trinajstić information content (AvgIpc) is 3.53. The van der Waals surface area contributed by atoms with E-state index in [4.69, 9.17) is 9.47 Å². The summed E-state index contributed by atoms with van der Waals surface area (Å²) in [4.78, 5) is 61.1. The van der Waals surface area contributed by atoms with Crippen molar-refractivity contribution in [2.45, 2.75) is 44.4 Å². The second-order valence-electron chi connectivity index (χ2n) is 11.2. The molecule has 0 bridgehead atoms. The van der Waals surface area contributed by atoms with Crippen LogP contribution in [0.15, 0.2) is 84.9 Å². The van der Waals surface area contributed by atoms with E-state index in [0.717, 1.165) is 22.8 Å². The highest BCUT2D eigenvalue weighted by Crippen LogP contribution is 2.36. The van der Waals surface area contributed by atoms with Crippen LogP contribution in [0.4, 0.5) is 16.2 Å². The van der Waals surface area contributed by atoms with Crippen LogP contribution in [0.3, 0.4) is 0 Å². The van der Waals surface area contributed by atoms with Gasteiger partial charge in [0.05, 0.1) is 9.85 Å². The van der Waals surface area contributed by atoms with Gasteiger partial charge in [-0.2, -0.15) is 0 Å². The molecule has 1 aliphatic heterocycles. The first-order chi connectivity index (χ1) is 23.1. The second kappa shape index (κ2) is 15.5. The van der Waals surface area contributed by atoms with E-state index in [-0.39, 0.29) is 41.5 Å². The van der Waals surface area contributed by atoms with Crippen molar-refractivity contribution in [3.63, 3.8) is 0 Å². The van der Waals surface area contributed by atoms with Crippen molar-refractivity contribution < 1.29 is 33.7 Å². The molecule has 4 aromatic rings. The number of hydrogen-bond acceptors (Lipinski definition) is 11. The van der Waals surface area contributed by atoms with Gasteiger partial charge in [0.2, 0.25) is 0 Å². The quantitative estimate of drug-likeness (QED) is 0.103. The lowest BCUT2D eigenvalue weighted by Crippen LogP contribution is -2.34. The van der Waals surface area contributed by atoms with Gasteiger partial charge >= 0.3 is 12.1 Å². The van der Waals surface area contributed by atoms with Crippen molar-refractivity contribution in [2.24, 2.45) is 0 Å². The van der Waals surface area contributed by atoms with Gasteiger partial charge in [0.25, 0.3) is 11.4 Å². The molecule has 4 aromatic carbocycles. The summed E-state index contributed by atoms with van der Waals surface area (Å²) < 4.78 is 11.1. The van der Waals surface area contributed by atoms with Crippen LogP contribution in [0.1, 0.15) is 41.6 Å². The highest BCUT2D eigenvalue weighted by molar-refractivity contribution is 8.14. The van der Waals surface area contributed by atoms with Gasteiger partial charge in [-0.25, -0.2) is 9.59 Å². The average molecular weight is 673 g/mol. The number of carbonyl (C=O) groups excluding carboxylic acids is 3. The lowest BCUT2D eigenvalue weighted by molar-refractivity contribution is -0.385. The smallest absolute Gasteiger partial charge is 0.407 e. The summed E-state index contributed by atoms with van der Waals surface area (Å²) in [5.74, 6) is -0.493. The van der Waals surface area contributed by atoms with Crippen LogP contribution in [-0.2, 0) is 38.8 Å². The fraction of sp³-hybridized carbons (Fsp3) is 0.265. The van der Waals surface area contributed by atoms with Crippen LogP contribution < -0.4 is 5.32 Å². The van der Waals surface area contributed by atoms with Crippen LogP contribution in [0.5, 0.6) is 0 Å². The maximum atomic E-state index is 13.8. The molecule has 248 valence electrons. The van der Waals surface area contributed by atoms with Gasteiger partial charge < -0.3 is 14.8 Å². The largest absolute Gasteiger partial charge is 0.459 e. The SMILES string of the molecule is CC(=O)S[C@H]1CCN(C(C(=O)OCc2ccc([N+](=O)[O-])cc2)c2ccc(CNC(=O)OCc3ccc([N+](=O)[O-])cc3)c3ccccc23)C1. The van der Waals surface area contributed by atoms with Gasteiger partial charge in [0.15, 0.2) is 5.12 Å². The van der Waals surface area contributed by atoms with E-state index in [0.29, 0.717) is 29.8 Å². The van der Waals surface area contributed by atoms with Gasteiger partial charge in [0, 0.05) is 56.1 Å². The first-order valence-corrected chi connectivity index (χ1v) is 15.9. The molecular weight excluding hydrogens is 640 g/mol. The number of fused-ring (bicyclic) bond motifs is 1. The molecule has 0 saturated carbocycles. The topological polar surface area (TPSA) is 171 Å². The lowest BCUT2D eigenvalue weighted by atomic mass is 9.94. The molecular formula is C34H32N4O9S. The van der Waals surface area contributed by atoms with Crippen LogP contribution in [0.25, 0.3) is 10.8 Å². The van der Waals surface area contributed by atoms with E-state index in [9.17, 15) is 34.6 Å². The first kappa shape index (κ1) is 34.0. The van der Waals surface area contributed by atoms with E-state index in [2.05, 4.69) is 5.32 Å². The van der Waals surface area contributed by atoms with E-state index in [1.165, 1.54) is 55.1 Å². The molecule has 0 spiro atoms. The molecule has 1 aliphatic rings. The third-order valence-corrected chi connectivity index (χ3v) is 8.96. The fourth-order valence-electron chi connectivity index (χ4n) is 5.60. The number of nitro benzene ring substituents is 2. The van der Waals surface area contributed by atoms with Crippen molar-refractivity contribution in [1.82, 2.24) is 10.2 Å². The Morgan fingerprint density at radius 3 is 2.02 bits per heavy atom. The lowest BCUT2D eigenvalue weighted by Gasteiger charge is -2.28. The standard InChI is InChI=1S/C34H32N4O9S/c1-22(39)48-28-16-17-36(19-28)32(33(40)46-20-23-6-11-26(12-7-23)37(42)43)31-15-10-25(29-4-2-3-5-30(29)31)18-35-34(41)47-21-24-8-13-27(14-9-24)38(44)45/h2-15,28,32H,16-21H2,1H3,(H,35,41)/t28-,32?/m0/s1. The molecule has 1 amide bonds. The number of carbonyl (C=O) groups is 3. The van der Waals surface area contributed by atoms with Crippen molar-refractivity contribution in [2.75, 3.05) is 13.1 Å². The number of amides is 1. The Morgan fingerprint density at radius 2 is 1.44 bits per heavy atom. The molecule has 1 unspecified atom stereocenters. The number of nitrogens with zero attached hydrogens (tertiary/aromatic N) is 3. The van der Waals surface area contributed by atoms with Crippen LogP contribution in [0, 0.1) is 20.2 Å². The second-order valence-corrected chi connectivity index (χ2v) is 12.6. The Kier molecular flexibility index (Phi) is 11.0. The summed E-state index contributed by atoms with van der Waals surface area (Å²) >= 11 is 1.26. The zero-order chi connectivity index (χ0) is 34.2. The number of hydrogen-bond donors (Lipinski definition) is 1. The molecule has 0 radical (unpaired) electrons. The summed E-state index contributed by atoms with van der Waals surface area (Å²) in [6.45, 7) is 2.59. The summed E-state index contributed by atoms with van der Waals surface area (Å²) in [5.41, 5.74) is 2.57. The molecule has 0 aliphatic carbocycles. The Bertz CT molecular complexity index is 1830. The molecule has 5 rings (SSSR count). The Morgan fingerprint density at radius 1 is 0.854 bits per heavy atom. The number of nitrogens with one attached hydrogen (secondary N) is 1. The van der Waals surface area contributed by atoms with E-state index in [1.807, 2.05) is 41.3 Å². The van der Waals surface area contributed by atoms with E-state index >= 15 is 0 Å². The van der Waals surface area contributed by atoms with Crippen molar-refractivity contribution in [3.8, 4) is 0 Å². The monoisotopic (exact) mass is 672 g/mol. The number of non-ortho nitro benzene ring substituents is 2. The molecule has 48 heavy (non-hydrogen) atoms. The van der Waals surface area contributed by atoms with Gasteiger partial charge in [-0.3, -0.25) is 29.9 Å². The minimum Gasteiger partial charge on any atom is -0.459 e. The zero-order valence-electron chi connectivity index (χ0n) is 25.9. The van der Waals surface area contributed by atoms with Gasteiger partial charge in [-0.1, -0.05) is 48.2 Å².